The van der Waals surface area contributed by atoms with Crippen LogP contribution < -0.4 is 15.3 Å². The number of hydrogen-bond donors (Lipinski definition) is 1. The van der Waals surface area contributed by atoms with Crippen molar-refractivity contribution in [3.63, 3.8) is 0 Å². The summed E-state index contributed by atoms with van der Waals surface area (Å²) >= 11 is 6.57. The lowest BCUT2D eigenvalue weighted by atomic mass is 9.94. The Morgan fingerprint density at radius 3 is 2.48 bits per heavy atom. The summed E-state index contributed by atoms with van der Waals surface area (Å²) in [7, 11) is 3.26. The van der Waals surface area contributed by atoms with E-state index in [1.54, 1.807) is 50.9 Å². The summed E-state index contributed by atoms with van der Waals surface area (Å²) in [5.41, 5.74) is 2.91. The van der Waals surface area contributed by atoms with E-state index in [-0.39, 0.29) is 22.5 Å². The molecule has 2 aliphatic rings. The Hall–Kier alpha value is -3.82. The van der Waals surface area contributed by atoms with Crippen LogP contribution in [-0.2, 0) is 7.05 Å². The van der Waals surface area contributed by atoms with Gasteiger partial charge in [0.2, 0.25) is 5.88 Å². The highest BCUT2D eigenvalue weighted by Crippen LogP contribution is 2.45. The Morgan fingerprint density at radius 2 is 1.81 bits per heavy atom. The first-order chi connectivity index (χ1) is 20.1. The Labute approximate surface area is 249 Å². The van der Waals surface area contributed by atoms with Crippen LogP contribution in [0.25, 0.3) is 27.9 Å². The number of likely N-dealkylation sites (tertiary alicyclic amines) is 1. The van der Waals surface area contributed by atoms with E-state index < -0.39 is 5.82 Å². The molecule has 0 amide bonds. The summed E-state index contributed by atoms with van der Waals surface area (Å²) < 4.78 is 23.6. The van der Waals surface area contributed by atoms with Crippen LogP contribution in [0.5, 0.6) is 11.6 Å². The Bertz CT molecular complexity index is 1720. The fourth-order valence-corrected chi connectivity index (χ4v) is 7.07. The Balaban J connectivity index is 1.37. The van der Waals surface area contributed by atoms with Crippen LogP contribution in [0.2, 0.25) is 5.02 Å². The van der Waals surface area contributed by atoms with Gasteiger partial charge in [-0.2, -0.15) is 0 Å². The third-order valence-corrected chi connectivity index (χ3v) is 9.13. The molecule has 8 nitrogen and oxygen atoms in total. The Morgan fingerprint density at radius 1 is 1.05 bits per heavy atom. The quantitative estimate of drug-likeness (QED) is 0.302. The summed E-state index contributed by atoms with van der Waals surface area (Å²) in [6.07, 6.45) is 8.27. The largest absolute Gasteiger partial charge is 0.507 e. The van der Waals surface area contributed by atoms with Gasteiger partial charge in [0.15, 0.2) is 0 Å². The molecule has 6 rings (SSSR count). The molecule has 2 aliphatic heterocycles. The predicted octanol–water partition coefficient (Wildman–Crippen LogP) is 5.86. The number of aromatic hydroxyl groups is 1. The number of pyridine rings is 1. The maximum Gasteiger partial charge on any atom is 0.332 e. The zero-order chi connectivity index (χ0) is 29.8. The summed E-state index contributed by atoms with van der Waals surface area (Å²) in [5, 5.41) is 11.7. The van der Waals surface area contributed by atoms with Gasteiger partial charge in [-0.1, -0.05) is 17.7 Å². The first kappa shape index (κ1) is 28.3. The van der Waals surface area contributed by atoms with E-state index in [1.807, 2.05) is 6.07 Å². The minimum atomic E-state index is -0.506. The standard InChI is InChI=1S/C32H35ClFN5O3/c1-20(2)39-10-5-8-32(39)9-11-37(19-32)28-15-22(18-35-30(28)42-4)25-17-23(34)16-24(29(25)40)21-6-7-27(26(33)14-21)38-13-12-36(3)31(38)41/h6-7,12-18,20,40H,5,8-11,19H2,1-4H3/t32-/m0/s1. The molecule has 0 radical (unpaired) electrons. The van der Waals surface area contributed by atoms with Crippen molar-refractivity contribution in [1.29, 1.82) is 0 Å². The maximum absolute atomic E-state index is 15.1. The molecular weight excluding hydrogens is 557 g/mol. The predicted molar refractivity (Wildman–Crippen MR) is 163 cm³/mol. The number of phenols is 1. The molecule has 0 bridgehead atoms. The molecule has 2 aromatic heterocycles. The highest BCUT2D eigenvalue weighted by Gasteiger charge is 2.47. The van der Waals surface area contributed by atoms with Gasteiger partial charge in [-0.05, 0) is 75.5 Å². The molecule has 0 aliphatic carbocycles. The van der Waals surface area contributed by atoms with Gasteiger partial charge >= 0.3 is 5.69 Å². The van der Waals surface area contributed by atoms with E-state index in [4.69, 9.17) is 16.3 Å². The minimum Gasteiger partial charge on any atom is -0.507 e. The number of anilines is 1. The van der Waals surface area contributed by atoms with Crippen LogP contribution in [0.3, 0.4) is 0 Å². The summed E-state index contributed by atoms with van der Waals surface area (Å²) in [4.78, 5) is 21.9. The number of phenolic OH excluding ortho intramolecular Hbond substituents is 1. The number of halogens is 2. The number of ether oxygens (including phenoxy) is 1. The topological polar surface area (TPSA) is 75.8 Å². The van der Waals surface area contributed by atoms with Gasteiger partial charge in [0, 0.05) is 67.0 Å². The van der Waals surface area contributed by atoms with Crippen LogP contribution in [-0.4, -0.2) is 62.4 Å². The summed E-state index contributed by atoms with van der Waals surface area (Å²) in [6.45, 7) is 7.34. The maximum atomic E-state index is 15.1. The molecular formula is C32H35ClFN5O3. The molecule has 220 valence electrons. The molecule has 1 spiro atoms. The monoisotopic (exact) mass is 591 g/mol. The highest BCUT2D eigenvalue weighted by molar-refractivity contribution is 6.32. The third-order valence-electron chi connectivity index (χ3n) is 8.82. The van der Waals surface area contributed by atoms with E-state index >= 15 is 4.39 Å². The number of rotatable bonds is 6. The highest BCUT2D eigenvalue weighted by atomic mass is 35.5. The fraction of sp³-hybridized carbons (Fsp3) is 0.375. The number of nitrogens with zero attached hydrogens (tertiary/aromatic N) is 5. The molecule has 1 N–H and O–H groups in total. The van der Waals surface area contributed by atoms with Crippen molar-refractivity contribution in [2.45, 2.75) is 44.7 Å². The van der Waals surface area contributed by atoms with Gasteiger partial charge in [-0.3, -0.25) is 9.47 Å². The molecule has 10 heteroatoms. The van der Waals surface area contributed by atoms with Crippen molar-refractivity contribution in [3.8, 4) is 39.6 Å². The van der Waals surface area contributed by atoms with E-state index in [1.165, 1.54) is 27.7 Å². The Kier molecular flexibility index (Phi) is 7.27. The fourth-order valence-electron chi connectivity index (χ4n) is 6.79. The molecule has 0 saturated carbocycles. The third kappa shape index (κ3) is 4.74. The lowest BCUT2D eigenvalue weighted by Gasteiger charge is -2.38. The number of imidazole rings is 1. The normalized spacial score (nSPS) is 19.0. The summed E-state index contributed by atoms with van der Waals surface area (Å²) in [5.74, 6) is -0.0949. The van der Waals surface area contributed by atoms with Gasteiger partial charge in [-0.25, -0.2) is 14.2 Å². The SMILES string of the molecule is COc1ncc(-c2cc(F)cc(-c3ccc(-n4ccn(C)c4=O)c(Cl)c3)c2O)cc1N1CC[C@@]2(CCCN2C(C)C)C1. The molecule has 2 saturated heterocycles. The van der Waals surface area contributed by atoms with E-state index in [9.17, 15) is 9.90 Å². The number of hydrogen-bond acceptors (Lipinski definition) is 6. The molecule has 2 fully saturated rings. The number of aromatic nitrogens is 3. The molecule has 4 aromatic rings. The molecule has 42 heavy (non-hydrogen) atoms. The lowest BCUT2D eigenvalue weighted by Crippen LogP contribution is -2.49. The van der Waals surface area contributed by atoms with E-state index in [0.29, 0.717) is 39.3 Å². The van der Waals surface area contributed by atoms with E-state index in [2.05, 4.69) is 28.6 Å². The summed E-state index contributed by atoms with van der Waals surface area (Å²) in [6, 6.07) is 10.0. The smallest absolute Gasteiger partial charge is 0.332 e. The van der Waals surface area contributed by atoms with Crippen molar-refractivity contribution >= 4 is 17.3 Å². The van der Waals surface area contributed by atoms with Crippen LogP contribution in [0.15, 0.2) is 59.8 Å². The van der Waals surface area contributed by atoms with Crippen LogP contribution in [0.4, 0.5) is 10.1 Å². The van der Waals surface area contributed by atoms with Crippen molar-refractivity contribution in [3.05, 3.63) is 76.3 Å². The second-order valence-corrected chi connectivity index (χ2v) is 12.0. The molecule has 1 atom stereocenters. The number of methoxy groups -OCH3 is 1. The molecule has 0 unspecified atom stereocenters. The van der Waals surface area contributed by atoms with Crippen molar-refractivity contribution in [2.75, 3.05) is 31.6 Å². The van der Waals surface area contributed by atoms with Gasteiger partial charge in [0.05, 0.1) is 17.8 Å². The lowest BCUT2D eigenvalue weighted by molar-refractivity contribution is 0.120. The van der Waals surface area contributed by atoms with Gasteiger partial charge < -0.3 is 19.3 Å². The minimum absolute atomic E-state index is 0.0883. The van der Waals surface area contributed by atoms with Gasteiger partial charge in [0.25, 0.3) is 0 Å². The number of aryl methyl sites for hydroxylation is 1. The second-order valence-electron chi connectivity index (χ2n) is 11.6. The van der Waals surface area contributed by atoms with Crippen molar-refractivity contribution in [1.82, 2.24) is 19.0 Å². The first-order valence-electron chi connectivity index (χ1n) is 14.2. The average molecular weight is 592 g/mol. The van der Waals surface area contributed by atoms with Gasteiger partial charge in [-0.15, -0.1) is 0 Å². The second kappa shape index (κ2) is 10.8. The average Bonchev–Trinajstić information content (AvgIpc) is 3.69. The van der Waals surface area contributed by atoms with Crippen molar-refractivity contribution in [2.24, 2.45) is 7.05 Å². The zero-order valence-electron chi connectivity index (χ0n) is 24.3. The molecule has 4 heterocycles. The van der Waals surface area contributed by atoms with Gasteiger partial charge in [0.1, 0.15) is 17.3 Å². The van der Waals surface area contributed by atoms with Crippen LogP contribution >= 0.6 is 11.6 Å². The van der Waals surface area contributed by atoms with E-state index in [0.717, 1.165) is 38.2 Å². The van der Waals surface area contributed by atoms with Crippen molar-refractivity contribution < 1.29 is 14.2 Å². The molecule has 2 aromatic carbocycles. The van der Waals surface area contributed by atoms with Crippen LogP contribution in [0.1, 0.15) is 33.1 Å². The number of benzene rings is 2. The zero-order valence-corrected chi connectivity index (χ0v) is 25.0. The first-order valence-corrected chi connectivity index (χ1v) is 14.6. The van der Waals surface area contributed by atoms with Crippen LogP contribution in [0, 0.1) is 5.82 Å².